The molecule has 9 heteroatoms. The lowest BCUT2D eigenvalue weighted by molar-refractivity contribution is -0.159. The zero-order chi connectivity index (χ0) is 36.8. The summed E-state index contributed by atoms with van der Waals surface area (Å²) in [4.78, 5) is 14.3. The van der Waals surface area contributed by atoms with Crippen LogP contribution >= 0.6 is 0 Å². The number of aliphatic hydroxyl groups excluding tert-OH is 1. The number of aryl methyl sites for hydroxylation is 2. The van der Waals surface area contributed by atoms with Gasteiger partial charge in [-0.1, -0.05) is 70.2 Å². The first-order valence-corrected chi connectivity index (χ1v) is 23.1. The van der Waals surface area contributed by atoms with E-state index in [-0.39, 0.29) is 12.0 Å². The number of aliphatic hydroxyl groups is 1. The summed E-state index contributed by atoms with van der Waals surface area (Å²) in [5.41, 5.74) is 5.69. The van der Waals surface area contributed by atoms with Gasteiger partial charge in [0.25, 0.3) is 0 Å². The molecule has 1 N–H and O–H groups in total. The number of likely N-dealkylation sites (N-methyl/N-ethyl adjacent to an activating group) is 1. The minimum absolute atomic E-state index is 0.00690. The van der Waals surface area contributed by atoms with Crippen molar-refractivity contribution in [3.8, 4) is 0 Å². The number of benzene rings is 2. The molecule has 7 nitrogen and oxygen atoms in total. The Morgan fingerprint density at radius 2 is 1.42 bits per heavy atom. The van der Waals surface area contributed by atoms with Gasteiger partial charge in [-0.05, 0) is 137 Å². The number of rotatable bonds is 16. The van der Waals surface area contributed by atoms with Crippen molar-refractivity contribution < 1.29 is 27.5 Å². The number of fused-ring (bicyclic) bond motifs is 2. The Hall–Kier alpha value is -2.30. The van der Waals surface area contributed by atoms with Gasteiger partial charge in [0.1, 0.15) is 6.10 Å². The predicted molar refractivity (Wildman–Crippen MR) is 205 cm³/mol. The van der Waals surface area contributed by atoms with Crippen molar-refractivity contribution in [3.05, 3.63) is 75.9 Å². The number of sulfonamides is 1. The van der Waals surface area contributed by atoms with E-state index in [4.69, 9.17) is 9.16 Å². The van der Waals surface area contributed by atoms with Crippen molar-refractivity contribution in [2.45, 2.75) is 154 Å². The van der Waals surface area contributed by atoms with Gasteiger partial charge in [-0.2, -0.15) is 4.31 Å². The summed E-state index contributed by atoms with van der Waals surface area (Å²) in [6.07, 6.45) is 7.54. The number of hydrogen-bond acceptors (Lipinski definition) is 6. The van der Waals surface area contributed by atoms with Gasteiger partial charge in [0.15, 0.2) is 8.32 Å². The van der Waals surface area contributed by atoms with Crippen molar-refractivity contribution in [3.63, 3.8) is 0 Å². The molecule has 0 bridgehead atoms. The zero-order valence-corrected chi connectivity index (χ0v) is 33.9. The lowest BCUT2D eigenvalue weighted by atomic mass is 9.83. The summed E-state index contributed by atoms with van der Waals surface area (Å²) in [5, 5.41) is 11.4. The Morgan fingerprint density at radius 1 is 0.900 bits per heavy atom. The molecule has 278 valence electrons. The molecule has 2 aliphatic carbocycles. The number of nitrogens with zero attached hydrogens (tertiary/aromatic N) is 1. The highest BCUT2D eigenvalue weighted by atomic mass is 32.2. The van der Waals surface area contributed by atoms with Gasteiger partial charge in [-0.15, -0.1) is 0 Å². The summed E-state index contributed by atoms with van der Waals surface area (Å²) in [5.74, 6) is -1.38. The largest absolute Gasteiger partial charge is 0.455 e. The van der Waals surface area contributed by atoms with Gasteiger partial charge in [0, 0.05) is 13.2 Å². The minimum Gasteiger partial charge on any atom is -0.455 e. The first-order chi connectivity index (χ1) is 23.7. The SMILES string of the molecule is CC[Si](CC)(CC)O[C@@H](C)[C@@H](C)/C=C(\C)[C@H](O)[C@@H](C)C(=O)O[C@H](c1ccccc1)[C@H](C)N(C)S(=O)(=O)c1c2c(cc3c1CCCC3)CCCC2. The second-order valence-electron chi connectivity index (χ2n) is 15.0. The number of ether oxygens (including phenoxy) is 1. The molecular weight excluding hydrogens is 663 g/mol. The third kappa shape index (κ3) is 8.83. The molecule has 0 saturated carbocycles. The molecule has 0 aromatic heterocycles. The lowest BCUT2D eigenvalue weighted by Crippen LogP contribution is -2.42. The van der Waals surface area contributed by atoms with Crippen LogP contribution in [0.2, 0.25) is 18.1 Å². The van der Waals surface area contributed by atoms with Crippen molar-refractivity contribution >= 4 is 24.3 Å². The fourth-order valence-corrected chi connectivity index (χ4v) is 12.9. The molecule has 4 rings (SSSR count). The molecular formula is C41H63NO6SSi. The van der Waals surface area contributed by atoms with Crippen molar-refractivity contribution in [1.82, 2.24) is 4.31 Å². The Morgan fingerprint density at radius 3 is 1.94 bits per heavy atom. The van der Waals surface area contributed by atoms with Crippen LogP contribution in [-0.4, -0.2) is 57.4 Å². The van der Waals surface area contributed by atoms with E-state index in [9.17, 15) is 18.3 Å². The van der Waals surface area contributed by atoms with Crippen LogP contribution in [0.3, 0.4) is 0 Å². The Labute approximate surface area is 304 Å². The average molecular weight is 726 g/mol. The molecule has 2 aliphatic rings. The van der Waals surface area contributed by atoms with E-state index in [0.29, 0.717) is 16.0 Å². The lowest BCUT2D eigenvalue weighted by Gasteiger charge is -2.35. The quantitative estimate of drug-likeness (QED) is 0.106. The molecule has 0 spiro atoms. The maximum atomic E-state index is 14.7. The van der Waals surface area contributed by atoms with Crippen LogP contribution in [0.5, 0.6) is 0 Å². The first-order valence-electron chi connectivity index (χ1n) is 19.1. The highest BCUT2D eigenvalue weighted by Crippen LogP contribution is 2.39. The second-order valence-corrected chi connectivity index (χ2v) is 21.7. The number of carbonyl (C=O) groups is 1. The summed E-state index contributed by atoms with van der Waals surface area (Å²) >= 11 is 0. The van der Waals surface area contributed by atoms with Crippen molar-refractivity contribution in [2.24, 2.45) is 11.8 Å². The van der Waals surface area contributed by atoms with E-state index in [1.807, 2.05) is 50.3 Å². The second kappa shape index (κ2) is 17.5. The number of esters is 1. The Kier molecular flexibility index (Phi) is 14.1. The first kappa shape index (κ1) is 40.5. The third-order valence-electron chi connectivity index (χ3n) is 11.9. The van der Waals surface area contributed by atoms with Crippen LogP contribution in [0.25, 0.3) is 0 Å². The Bertz CT molecular complexity index is 1550. The monoisotopic (exact) mass is 725 g/mol. The topological polar surface area (TPSA) is 93.1 Å². The van der Waals surface area contributed by atoms with Gasteiger partial charge in [-0.3, -0.25) is 4.79 Å². The van der Waals surface area contributed by atoms with Crippen LogP contribution in [-0.2, 0) is 49.7 Å². The highest BCUT2D eigenvalue weighted by molar-refractivity contribution is 7.89. The van der Waals surface area contributed by atoms with Crippen LogP contribution in [0.15, 0.2) is 52.9 Å². The van der Waals surface area contributed by atoms with Gasteiger partial charge < -0.3 is 14.3 Å². The fourth-order valence-electron chi connectivity index (χ4n) is 7.95. The molecule has 2 aromatic rings. The molecule has 0 saturated heterocycles. The maximum Gasteiger partial charge on any atom is 0.312 e. The average Bonchev–Trinajstić information content (AvgIpc) is 3.13. The van der Waals surface area contributed by atoms with E-state index in [1.54, 1.807) is 14.0 Å². The van der Waals surface area contributed by atoms with Gasteiger partial charge in [-0.25, -0.2) is 8.42 Å². The molecule has 0 radical (unpaired) electrons. The molecule has 0 aliphatic heterocycles. The molecule has 0 amide bonds. The minimum atomic E-state index is -3.93. The predicted octanol–water partition coefficient (Wildman–Crippen LogP) is 8.73. The molecule has 0 heterocycles. The normalized spacial score (nSPS) is 19.1. The summed E-state index contributed by atoms with van der Waals surface area (Å²) in [6, 6.07) is 14.1. The molecule has 2 aromatic carbocycles. The molecule has 0 fully saturated rings. The molecule has 6 atom stereocenters. The standard InChI is InChI=1S/C41H63NO6SSi/c1-10-50(11-2,12-3)48-32(8)28(4)26-29(5)38(43)30(6)41(44)47-39(33-20-14-13-15-21-33)31(7)42(9)49(45,46)40-36-24-18-16-22-34(36)27-35-23-17-19-25-37(35)40/h13-15,20-21,26-28,30-32,38-39,43H,10-12,16-19,22-25H2,1-9H3/b29-26+/t28-,30+,31-,32-,38-,39-/m0/s1. The highest BCUT2D eigenvalue weighted by Gasteiger charge is 2.39. The number of carbonyl (C=O) groups excluding carboxylic acids is 1. The van der Waals surface area contributed by atoms with E-state index in [1.165, 1.54) is 15.4 Å². The Balaban J connectivity index is 1.58. The van der Waals surface area contributed by atoms with E-state index in [2.05, 4.69) is 40.7 Å². The number of hydrogen-bond donors (Lipinski definition) is 1. The van der Waals surface area contributed by atoms with E-state index in [0.717, 1.165) is 80.6 Å². The van der Waals surface area contributed by atoms with Crippen LogP contribution in [0.1, 0.15) is 115 Å². The van der Waals surface area contributed by atoms with E-state index < -0.39 is 48.5 Å². The summed E-state index contributed by atoms with van der Waals surface area (Å²) < 4.78 is 43.7. The van der Waals surface area contributed by atoms with Gasteiger partial charge in [0.05, 0.1) is 23.0 Å². The van der Waals surface area contributed by atoms with Crippen LogP contribution < -0.4 is 0 Å². The third-order valence-corrected chi connectivity index (χ3v) is 18.7. The summed E-state index contributed by atoms with van der Waals surface area (Å²) in [7, 11) is -4.11. The van der Waals surface area contributed by atoms with Crippen molar-refractivity contribution in [1.29, 1.82) is 0 Å². The maximum absolute atomic E-state index is 14.7. The van der Waals surface area contributed by atoms with Crippen LogP contribution in [0.4, 0.5) is 0 Å². The van der Waals surface area contributed by atoms with Gasteiger partial charge in [0.2, 0.25) is 10.0 Å². The smallest absolute Gasteiger partial charge is 0.312 e. The van der Waals surface area contributed by atoms with E-state index >= 15 is 0 Å². The fraction of sp³-hybridized carbons (Fsp3) is 0.634. The molecule has 50 heavy (non-hydrogen) atoms. The van der Waals surface area contributed by atoms with Crippen molar-refractivity contribution in [2.75, 3.05) is 7.05 Å². The summed E-state index contributed by atoms with van der Waals surface area (Å²) in [6.45, 7) is 16.2. The zero-order valence-electron chi connectivity index (χ0n) is 32.1. The van der Waals surface area contributed by atoms with Crippen LogP contribution in [0, 0.1) is 11.8 Å². The molecule has 0 unspecified atom stereocenters. The van der Waals surface area contributed by atoms with Gasteiger partial charge >= 0.3 is 5.97 Å².